The normalized spacial score (nSPS) is 23.0. The van der Waals surface area contributed by atoms with Crippen molar-refractivity contribution in [3.05, 3.63) is 11.7 Å². The van der Waals surface area contributed by atoms with E-state index in [9.17, 15) is 4.79 Å². The molecule has 26 heavy (non-hydrogen) atoms. The highest BCUT2D eigenvalue weighted by atomic mass is 16.5. The number of carbonyl (C=O) groups is 1. The monoisotopic (exact) mass is 363 g/mol. The number of piperidine rings is 1. The molecule has 1 aromatic heterocycles. The summed E-state index contributed by atoms with van der Waals surface area (Å²) in [6, 6.07) is 0.321. The van der Waals surface area contributed by atoms with Crippen LogP contribution in [0.5, 0.6) is 0 Å². The van der Waals surface area contributed by atoms with Crippen molar-refractivity contribution < 1.29 is 9.32 Å². The predicted molar refractivity (Wildman–Crippen MR) is 100 cm³/mol. The zero-order valence-corrected chi connectivity index (χ0v) is 16.8. The van der Waals surface area contributed by atoms with Crippen LogP contribution < -0.4 is 5.32 Å². The van der Waals surface area contributed by atoms with Gasteiger partial charge in [0.15, 0.2) is 5.82 Å². The molecule has 2 aliphatic heterocycles. The van der Waals surface area contributed by atoms with Crippen LogP contribution in [0.4, 0.5) is 4.79 Å². The lowest BCUT2D eigenvalue weighted by Gasteiger charge is -2.33. The first-order valence-corrected chi connectivity index (χ1v) is 9.88. The third kappa shape index (κ3) is 4.37. The summed E-state index contributed by atoms with van der Waals surface area (Å²) in [5, 5.41) is 7.27. The van der Waals surface area contributed by atoms with E-state index in [1.807, 2.05) is 4.90 Å². The van der Waals surface area contributed by atoms with E-state index in [1.165, 1.54) is 0 Å². The van der Waals surface area contributed by atoms with E-state index < -0.39 is 0 Å². The summed E-state index contributed by atoms with van der Waals surface area (Å²) in [4.78, 5) is 21.5. The number of urea groups is 1. The quantitative estimate of drug-likeness (QED) is 0.894. The maximum Gasteiger partial charge on any atom is 0.317 e. The molecule has 0 saturated carbocycles. The van der Waals surface area contributed by atoms with Gasteiger partial charge in [-0.3, -0.25) is 4.90 Å². The number of hydrogen-bond donors (Lipinski definition) is 1. The summed E-state index contributed by atoms with van der Waals surface area (Å²) in [6.07, 6.45) is 2.79. The molecule has 0 aromatic carbocycles. The molecule has 3 rings (SSSR count). The van der Waals surface area contributed by atoms with Gasteiger partial charge >= 0.3 is 6.03 Å². The van der Waals surface area contributed by atoms with Crippen molar-refractivity contribution >= 4 is 6.03 Å². The van der Waals surface area contributed by atoms with Crippen LogP contribution in [0.2, 0.25) is 0 Å². The maximum atomic E-state index is 12.6. The summed E-state index contributed by atoms with van der Waals surface area (Å²) >= 11 is 0. The standard InChI is InChI=1S/C19H33N5O2/c1-13(2)16-21-17(26-22-16)14-6-9-23(10-7-14)18(25)20-15-8-11-24(12-15)19(3,4)5/h13-15H,6-12H2,1-5H3,(H,20,25)/t15-/m1/s1. The fourth-order valence-corrected chi connectivity index (χ4v) is 3.73. The van der Waals surface area contributed by atoms with Crippen molar-refractivity contribution in [2.45, 2.75) is 77.3 Å². The van der Waals surface area contributed by atoms with E-state index in [0.29, 0.717) is 0 Å². The SMILES string of the molecule is CC(C)c1noc(C2CCN(C(=O)N[C@@H]3CCN(C(C)(C)C)C3)CC2)n1. The lowest BCUT2D eigenvalue weighted by molar-refractivity contribution is 0.161. The van der Waals surface area contributed by atoms with E-state index in [4.69, 9.17) is 4.52 Å². The number of likely N-dealkylation sites (tertiary alicyclic amines) is 2. The molecular weight excluding hydrogens is 330 g/mol. The van der Waals surface area contributed by atoms with Crippen molar-refractivity contribution in [1.82, 2.24) is 25.3 Å². The van der Waals surface area contributed by atoms with Crippen LogP contribution in [0.3, 0.4) is 0 Å². The molecule has 146 valence electrons. The molecule has 7 nitrogen and oxygen atoms in total. The molecule has 1 aromatic rings. The van der Waals surface area contributed by atoms with E-state index in [2.05, 4.69) is 55.0 Å². The Kier molecular flexibility index (Phi) is 5.55. The Bertz CT molecular complexity index is 614. The largest absolute Gasteiger partial charge is 0.339 e. The summed E-state index contributed by atoms with van der Waals surface area (Å²) in [5.74, 6) is 2.04. The molecule has 0 spiro atoms. The Labute approximate surface area is 156 Å². The van der Waals surface area contributed by atoms with Crippen LogP contribution in [0.15, 0.2) is 4.52 Å². The number of amides is 2. The van der Waals surface area contributed by atoms with Crippen molar-refractivity contribution in [3.8, 4) is 0 Å². The highest BCUT2D eigenvalue weighted by Crippen LogP contribution is 2.28. The van der Waals surface area contributed by atoms with Crippen LogP contribution in [0, 0.1) is 0 Å². The van der Waals surface area contributed by atoms with E-state index in [0.717, 1.165) is 57.2 Å². The molecule has 0 bridgehead atoms. The molecule has 1 N–H and O–H groups in total. The molecule has 7 heteroatoms. The Hall–Kier alpha value is -1.63. The molecule has 2 amide bonds. The number of hydrogen-bond acceptors (Lipinski definition) is 5. The molecule has 0 aliphatic carbocycles. The molecule has 2 aliphatic rings. The Balaban J connectivity index is 1.46. The van der Waals surface area contributed by atoms with Gasteiger partial charge in [-0.15, -0.1) is 0 Å². The minimum Gasteiger partial charge on any atom is -0.339 e. The van der Waals surface area contributed by atoms with Gasteiger partial charge in [0.2, 0.25) is 5.89 Å². The molecule has 0 unspecified atom stereocenters. The van der Waals surface area contributed by atoms with Gasteiger partial charge in [-0.25, -0.2) is 4.79 Å². The molecule has 2 saturated heterocycles. The summed E-state index contributed by atoms with van der Waals surface area (Å²) in [7, 11) is 0. The van der Waals surface area contributed by atoms with Crippen molar-refractivity contribution in [1.29, 1.82) is 0 Å². The van der Waals surface area contributed by atoms with Crippen molar-refractivity contribution in [3.63, 3.8) is 0 Å². The number of nitrogens with zero attached hydrogens (tertiary/aromatic N) is 4. The predicted octanol–water partition coefficient (Wildman–Crippen LogP) is 2.95. The zero-order valence-electron chi connectivity index (χ0n) is 16.8. The van der Waals surface area contributed by atoms with Crippen LogP contribution in [0.25, 0.3) is 0 Å². The lowest BCUT2D eigenvalue weighted by atomic mass is 9.97. The average molecular weight is 364 g/mol. The Morgan fingerprint density at radius 2 is 1.88 bits per heavy atom. The summed E-state index contributed by atoms with van der Waals surface area (Å²) in [5.41, 5.74) is 0.163. The minimum atomic E-state index is 0.0672. The third-order valence-corrected chi connectivity index (χ3v) is 5.57. The molecule has 2 fully saturated rings. The first kappa shape index (κ1) is 19.1. The molecule has 3 heterocycles. The molecule has 1 atom stereocenters. The number of rotatable bonds is 3. The third-order valence-electron chi connectivity index (χ3n) is 5.57. The highest BCUT2D eigenvalue weighted by molar-refractivity contribution is 5.74. The number of carbonyl (C=O) groups excluding carboxylic acids is 1. The van der Waals surface area contributed by atoms with Gasteiger partial charge in [-0.2, -0.15) is 4.98 Å². The fourth-order valence-electron chi connectivity index (χ4n) is 3.73. The maximum absolute atomic E-state index is 12.6. The van der Waals surface area contributed by atoms with Gasteiger partial charge in [0.25, 0.3) is 0 Å². The fraction of sp³-hybridized carbons (Fsp3) is 0.842. The smallest absolute Gasteiger partial charge is 0.317 e. The second-order valence-corrected chi connectivity index (χ2v) is 8.96. The minimum absolute atomic E-state index is 0.0672. The van der Waals surface area contributed by atoms with Gasteiger partial charge in [-0.05, 0) is 40.0 Å². The Morgan fingerprint density at radius 1 is 1.19 bits per heavy atom. The molecule has 0 radical (unpaired) electrons. The first-order valence-electron chi connectivity index (χ1n) is 9.88. The van der Waals surface area contributed by atoms with Gasteiger partial charge in [0.1, 0.15) is 0 Å². The first-order chi connectivity index (χ1) is 12.2. The van der Waals surface area contributed by atoms with E-state index in [1.54, 1.807) is 0 Å². The second kappa shape index (κ2) is 7.55. The summed E-state index contributed by atoms with van der Waals surface area (Å²) in [6.45, 7) is 14.3. The number of aromatic nitrogens is 2. The van der Waals surface area contributed by atoms with Gasteiger partial charge in [0, 0.05) is 49.6 Å². The average Bonchev–Trinajstić information content (AvgIpc) is 3.24. The summed E-state index contributed by atoms with van der Waals surface area (Å²) < 4.78 is 5.43. The van der Waals surface area contributed by atoms with Crippen LogP contribution >= 0.6 is 0 Å². The van der Waals surface area contributed by atoms with Gasteiger partial charge in [0.05, 0.1) is 0 Å². The van der Waals surface area contributed by atoms with Gasteiger partial charge in [-0.1, -0.05) is 19.0 Å². The Morgan fingerprint density at radius 3 is 2.42 bits per heavy atom. The van der Waals surface area contributed by atoms with Crippen LogP contribution in [-0.4, -0.2) is 63.7 Å². The van der Waals surface area contributed by atoms with E-state index >= 15 is 0 Å². The second-order valence-electron chi connectivity index (χ2n) is 8.96. The van der Waals surface area contributed by atoms with Gasteiger partial charge < -0.3 is 14.7 Å². The van der Waals surface area contributed by atoms with Crippen LogP contribution in [-0.2, 0) is 0 Å². The van der Waals surface area contributed by atoms with Crippen LogP contribution in [0.1, 0.15) is 77.4 Å². The lowest BCUT2D eigenvalue weighted by Crippen LogP contribution is -2.49. The topological polar surface area (TPSA) is 74.5 Å². The highest BCUT2D eigenvalue weighted by Gasteiger charge is 2.33. The van der Waals surface area contributed by atoms with Crippen molar-refractivity contribution in [2.75, 3.05) is 26.2 Å². The number of nitrogens with one attached hydrogen (secondary N) is 1. The van der Waals surface area contributed by atoms with E-state index in [-0.39, 0.29) is 29.4 Å². The van der Waals surface area contributed by atoms with Crippen molar-refractivity contribution in [2.24, 2.45) is 0 Å². The molecular formula is C19H33N5O2. The zero-order chi connectivity index (χ0) is 18.9.